The van der Waals surface area contributed by atoms with E-state index in [1.807, 2.05) is 0 Å². The van der Waals surface area contributed by atoms with Gasteiger partial charge < -0.3 is 9.90 Å². The third kappa shape index (κ3) is 4.06. The van der Waals surface area contributed by atoms with Crippen molar-refractivity contribution in [2.45, 2.75) is 26.7 Å². The van der Waals surface area contributed by atoms with Gasteiger partial charge in [-0.1, -0.05) is 13.8 Å². The fourth-order valence-corrected chi connectivity index (χ4v) is 0.514. The van der Waals surface area contributed by atoms with Crippen LogP contribution in [0, 0.1) is 5.92 Å². The average Bonchev–Trinajstić information content (AvgIpc) is 1.82. The molecular weight excluding hydrogens is 132 g/mol. The Morgan fingerprint density at radius 1 is 1.30 bits per heavy atom. The topological polar surface area (TPSA) is 57.2 Å². The zero-order valence-corrected chi connectivity index (χ0v) is 6.22. The lowest BCUT2D eigenvalue weighted by Crippen LogP contribution is -2.23. The van der Waals surface area contributed by atoms with Gasteiger partial charge in [0.2, 0.25) is 0 Å². The van der Waals surface area contributed by atoms with Gasteiger partial charge in [0.05, 0.1) is 0 Å². The van der Waals surface area contributed by atoms with Crippen molar-refractivity contribution < 1.29 is 14.7 Å². The molecule has 0 spiro atoms. The number of rotatable bonds is 4. The van der Waals surface area contributed by atoms with E-state index in [2.05, 4.69) is 0 Å². The summed E-state index contributed by atoms with van der Waals surface area (Å²) >= 11 is 0. The van der Waals surface area contributed by atoms with Gasteiger partial charge in [-0.3, -0.25) is 4.79 Å². The first-order valence-corrected chi connectivity index (χ1v) is 3.26. The van der Waals surface area contributed by atoms with E-state index in [0.29, 0.717) is 0 Å². The summed E-state index contributed by atoms with van der Waals surface area (Å²) in [5.41, 5.74) is 0. The minimum Gasteiger partial charge on any atom is -0.550 e. The van der Waals surface area contributed by atoms with Crippen LogP contribution in [0.3, 0.4) is 0 Å². The predicted molar refractivity (Wildman–Crippen MR) is 34.1 cm³/mol. The highest BCUT2D eigenvalue weighted by Gasteiger charge is 2.05. The van der Waals surface area contributed by atoms with E-state index in [1.54, 1.807) is 13.8 Å². The second-order valence-electron chi connectivity index (χ2n) is 2.49. The lowest BCUT2D eigenvalue weighted by Gasteiger charge is -2.03. The molecule has 0 heterocycles. The van der Waals surface area contributed by atoms with Crippen molar-refractivity contribution in [3.05, 3.63) is 0 Å². The second-order valence-corrected chi connectivity index (χ2v) is 2.49. The lowest BCUT2D eigenvalue weighted by atomic mass is 10.1. The van der Waals surface area contributed by atoms with Crippen LogP contribution in [0.5, 0.6) is 0 Å². The number of carboxylic acids is 1. The molecule has 0 fully saturated rings. The third-order valence-corrected chi connectivity index (χ3v) is 1.22. The normalized spacial score (nSPS) is 9.90. The smallest absolute Gasteiger partial charge is 0.135 e. The van der Waals surface area contributed by atoms with E-state index in [0.717, 1.165) is 0 Å². The van der Waals surface area contributed by atoms with Crippen LogP contribution in [0.15, 0.2) is 0 Å². The maximum Gasteiger partial charge on any atom is 0.135 e. The summed E-state index contributed by atoms with van der Waals surface area (Å²) in [5.74, 6) is -1.25. The Hall–Kier alpha value is -0.860. The van der Waals surface area contributed by atoms with Gasteiger partial charge in [-0.15, -0.1) is 0 Å². The SMILES string of the molecule is CC(C)C(=O)CCC(=O)[O-]. The quantitative estimate of drug-likeness (QED) is 0.545. The van der Waals surface area contributed by atoms with E-state index < -0.39 is 5.97 Å². The summed E-state index contributed by atoms with van der Waals surface area (Å²) in [6, 6.07) is 0. The first-order valence-electron chi connectivity index (χ1n) is 3.26. The molecule has 0 aliphatic rings. The molecule has 0 radical (unpaired) electrons. The van der Waals surface area contributed by atoms with E-state index in [-0.39, 0.29) is 24.5 Å². The van der Waals surface area contributed by atoms with Crippen molar-refractivity contribution in [3.63, 3.8) is 0 Å². The van der Waals surface area contributed by atoms with Crippen LogP contribution in [0.25, 0.3) is 0 Å². The molecule has 0 N–H and O–H groups in total. The van der Waals surface area contributed by atoms with Gasteiger partial charge in [0.15, 0.2) is 0 Å². The summed E-state index contributed by atoms with van der Waals surface area (Å²) in [5, 5.41) is 9.86. The zero-order valence-electron chi connectivity index (χ0n) is 6.22. The number of hydrogen-bond acceptors (Lipinski definition) is 3. The molecule has 0 amide bonds. The van der Waals surface area contributed by atoms with Crippen molar-refractivity contribution >= 4 is 11.8 Å². The molecule has 0 aliphatic carbocycles. The number of hydrogen-bond donors (Lipinski definition) is 0. The first kappa shape index (κ1) is 9.14. The van der Waals surface area contributed by atoms with E-state index in [9.17, 15) is 14.7 Å². The molecule has 0 bridgehead atoms. The Bertz CT molecular complexity index is 138. The van der Waals surface area contributed by atoms with Crippen molar-refractivity contribution in [2.24, 2.45) is 5.92 Å². The molecule has 3 heteroatoms. The van der Waals surface area contributed by atoms with Crippen LogP contribution < -0.4 is 5.11 Å². The number of ketones is 1. The van der Waals surface area contributed by atoms with Crippen LogP contribution in [0.4, 0.5) is 0 Å². The number of carbonyl (C=O) groups excluding carboxylic acids is 2. The molecule has 10 heavy (non-hydrogen) atoms. The Morgan fingerprint density at radius 3 is 2.10 bits per heavy atom. The number of carbonyl (C=O) groups is 2. The molecule has 0 aromatic carbocycles. The van der Waals surface area contributed by atoms with Crippen molar-refractivity contribution in [1.29, 1.82) is 0 Å². The summed E-state index contributed by atoms with van der Waals surface area (Å²) in [4.78, 5) is 20.6. The molecule has 0 aromatic rings. The molecule has 0 aliphatic heterocycles. The van der Waals surface area contributed by atoms with E-state index in [4.69, 9.17) is 0 Å². The Morgan fingerprint density at radius 2 is 1.80 bits per heavy atom. The molecule has 0 saturated heterocycles. The first-order chi connectivity index (χ1) is 4.54. The average molecular weight is 143 g/mol. The Labute approximate surface area is 60.0 Å². The molecule has 3 nitrogen and oxygen atoms in total. The minimum atomic E-state index is -1.16. The van der Waals surface area contributed by atoms with Crippen LogP contribution in [-0.4, -0.2) is 11.8 Å². The maximum absolute atomic E-state index is 10.8. The summed E-state index contributed by atoms with van der Waals surface area (Å²) < 4.78 is 0. The number of aliphatic carboxylic acids is 1. The van der Waals surface area contributed by atoms with Crippen molar-refractivity contribution in [2.75, 3.05) is 0 Å². The van der Waals surface area contributed by atoms with Crippen LogP contribution in [0.1, 0.15) is 26.7 Å². The fourth-order valence-electron chi connectivity index (χ4n) is 0.514. The second kappa shape index (κ2) is 4.04. The highest BCUT2D eigenvalue weighted by molar-refractivity contribution is 5.83. The van der Waals surface area contributed by atoms with E-state index in [1.165, 1.54) is 0 Å². The summed E-state index contributed by atoms with van der Waals surface area (Å²) in [7, 11) is 0. The Balaban J connectivity index is 3.50. The summed E-state index contributed by atoms with van der Waals surface area (Å²) in [6.07, 6.45) is -0.0585. The van der Waals surface area contributed by atoms with Crippen LogP contribution >= 0.6 is 0 Å². The van der Waals surface area contributed by atoms with Crippen LogP contribution in [-0.2, 0) is 9.59 Å². The molecule has 0 rings (SSSR count). The van der Waals surface area contributed by atoms with Gasteiger partial charge in [-0.2, -0.15) is 0 Å². The van der Waals surface area contributed by atoms with Gasteiger partial charge in [0, 0.05) is 18.3 Å². The number of carboxylic acid groups (broad SMARTS) is 1. The third-order valence-electron chi connectivity index (χ3n) is 1.22. The predicted octanol–water partition coefficient (Wildman–Crippen LogP) is -0.258. The highest BCUT2D eigenvalue weighted by Crippen LogP contribution is 2.00. The minimum absolute atomic E-state index is 0.0239. The van der Waals surface area contributed by atoms with Gasteiger partial charge >= 0.3 is 0 Å². The van der Waals surface area contributed by atoms with Gasteiger partial charge in [-0.25, -0.2) is 0 Å². The molecule has 0 aromatic heterocycles. The van der Waals surface area contributed by atoms with Gasteiger partial charge in [0.25, 0.3) is 0 Å². The maximum atomic E-state index is 10.8. The van der Waals surface area contributed by atoms with Gasteiger partial charge in [-0.05, 0) is 6.42 Å². The molecule has 0 atom stereocenters. The van der Waals surface area contributed by atoms with Crippen LogP contribution in [0.2, 0.25) is 0 Å². The summed E-state index contributed by atoms with van der Waals surface area (Å²) in [6.45, 7) is 3.50. The van der Waals surface area contributed by atoms with Crippen molar-refractivity contribution in [1.82, 2.24) is 0 Å². The largest absolute Gasteiger partial charge is 0.550 e. The van der Waals surface area contributed by atoms with Crippen molar-refractivity contribution in [3.8, 4) is 0 Å². The number of Topliss-reactive ketones (excluding diaryl/α,β-unsaturated/α-hetero) is 1. The molecular formula is C7H11O3-. The highest BCUT2D eigenvalue weighted by atomic mass is 16.4. The molecule has 58 valence electrons. The van der Waals surface area contributed by atoms with E-state index >= 15 is 0 Å². The fraction of sp³-hybridized carbons (Fsp3) is 0.714. The monoisotopic (exact) mass is 143 g/mol. The molecule has 0 saturated carbocycles. The van der Waals surface area contributed by atoms with Gasteiger partial charge in [0.1, 0.15) is 5.78 Å². The Kier molecular flexibility index (Phi) is 3.69. The zero-order chi connectivity index (χ0) is 8.15. The molecule has 0 unspecified atom stereocenters. The standard InChI is InChI=1S/C7H12O3/c1-5(2)6(8)3-4-7(9)10/h5H,3-4H2,1-2H3,(H,9,10)/p-1. The lowest BCUT2D eigenvalue weighted by molar-refractivity contribution is -0.305.